The van der Waals surface area contributed by atoms with Crippen molar-refractivity contribution in [3.8, 4) is 0 Å². The highest BCUT2D eigenvalue weighted by molar-refractivity contribution is 5.86. The highest BCUT2D eigenvalue weighted by Gasteiger charge is 2.22. The van der Waals surface area contributed by atoms with Crippen LogP contribution < -0.4 is 11.1 Å². The van der Waals surface area contributed by atoms with Crippen LogP contribution in [0.15, 0.2) is 30.3 Å². The molecule has 5 nitrogen and oxygen atoms in total. The van der Waals surface area contributed by atoms with Crippen molar-refractivity contribution in [3.05, 3.63) is 35.9 Å². The molecule has 110 valence electrons. The molecule has 5 heteroatoms. The van der Waals surface area contributed by atoms with E-state index < -0.39 is 24.0 Å². The molecule has 1 aromatic rings. The molecule has 2 atom stereocenters. The number of nitrogens with two attached hydrogens (primary N) is 1. The Morgan fingerprint density at radius 1 is 1.25 bits per heavy atom. The monoisotopic (exact) mass is 278 g/mol. The van der Waals surface area contributed by atoms with Gasteiger partial charge in [0.2, 0.25) is 5.91 Å². The van der Waals surface area contributed by atoms with Crippen molar-refractivity contribution in [1.82, 2.24) is 5.32 Å². The van der Waals surface area contributed by atoms with Gasteiger partial charge in [0.15, 0.2) is 0 Å². The zero-order valence-corrected chi connectivity index (χ0v) is 11.7. The van der Waals surface area contributed by atoms with Gasteiger partial charge in [-0.25, -0.2) is 4.79 Å². The molecule has 0 saturated carbocycles. The minimum Gasteiger partial charge on any atom is -0.480 e. The van der Waals surface area contributed by atoms with Crippen LogP contribution in [0.1, 0.15) is 31.7 Å². The summed E-state index contributed by atoms with van der Waals surface area (Å²) in [6.07, 6.45) is 2.29. The van der Waals surface area contributed by atoms with E-state index >= 15 is 0 Å². The van der Waals surface area contributed by atoms with Gasteiger partial charge in [-0.1, -0.05) is 43.7 Å². The average Bonchev–Trinajstić information content (AvgIpc) is 2.44. The van der Waals surface area contributed by atoms with Crippen molar-refractivity contribution in [3.63, 3.8) is 0 Å². The lowest BCUT2D eigenvalue weighted by atomic mass is 10.0. The second kappa shape index (κ2) is 8.32. The Morgan fingerprint density at radius 2 is 1.90 bits per heavy atom. The van der Waals surface area contributed by atoms with Gasteiger partial charge in [0.25, 0.3) is 0 Å². The summed E-state index contributed by atoms with van der Waals surface area (Å²) < 4.78 is 0. The number of rotatable bonds is 8. The molecule has 1 aromatic carbocycles. The first-order chi connectivity index (χ1) is 9.54. The number of aliphatic carboxylic acids is 1. The van der Waals surface area contributed by atoms with Crippen molar-refractivity contribution < 1.29 is 14.7 Å². The van der Waals surface area contributed by atoms with Gasteiger partial charge in [-0.3, -0.25) is 4.79 Å². The molecule has 0 radical (unpaired) electrons. The van der Waals surface area contributed by atoms with E-state index in [0.29, 0.717) is 19.3 Å². The van der Waals surface area contributed by atoms with Crippen molar-refractivity contribution in [2.45, 2.75) is 44.7 Å². The summed E-state index contributed by atoms with van der Waals surface area (Å²) >= 11 is 0. The molecule has 4 N–H and O–H groups in total. The van der Waals surface area contributed by atoms with E-state index in [9.17, 15) is 9.59 Å². The lowest BCUT2D eigenvalue weighted by Gasteiger charge is -2.17. The number of carbonyl (C=O) groups is 2. The fourth-order valence-electron chi connectivity index (χ4n) is 1.93. The van der Waals surface area contributed by atoms with Crippen molar-refractivity contribution in [2.24, 2.45) is 5.73 Å². The van der Waals surface area contributed by atoms with Crippen LogP contribution in [-0.2, 0) is 16.0 Å². The van der Waals surface area contributed by atoms with Gasteiger partial charge in [0.05, 0.1) is 6.04 Å². The largest absolute Gasteiger partial charge is 0.480 e. The molecule has 0 aliphatic rings. The number of amides is 1. The Balaban J connectivity index is 2.52. The van der Waals surface area contributed by atoms with Gasteiger partial charge in [0, 0.05) is 0 Å². The summed E-state index contributed by atoms with van der Waals surface area (Å²) in [6.45, 7) is 1.93. The minimum atomic E-state index is -1.03. The third kappa shape index (κ3) is 5.40. The quantitative estimate of drug-likeness (QED) is 0.668. The van der Waals surface area contributed by atoms with Gasteiger partial charge in [0.1, 0.15) is 6.04 Å². The first-order valence-electron chi connectivity index (χ1n) is 6.87. The summed E-state index contributed by atoms with van der Waals surface area (Å²) in [4.78, 5) is 22.9. The molecule has 0 saturated heterocycles. The van der Waals surface area contributed by atoms with Crippen LogP contribution in [0, 0.1) is 0 Å². The van der Waals surface area contributed by atoms with Gasteiger partial charge in [-0.15, -0.1) is 0 Å². The highest BCUT2D eigenvalue weighted by Crippen LogP contribution is 2.06. The Kier molecular flexibility index (Phi) is 6.73. The Morgan fingerprint density at radius 3 is 2.45 bits per heavy atom. The molecule has 1 rings (SSSR count). The first kappa shape index (κ1) is 16.2. The SMILES string of the molecule is CCC[C@H](N)C(=O)NC(CCc1ccccc1)C(=O)O. The van der Waals surface area contributed by atoms with Crippen LogP contribution in [0.5, 0.6) is 0 Å². The molecular weight excluding hydrogens is 256 g/mol. The standard InChI is InChI=1S/C15H22N2O3/c1-2-6-12(16)14(18)17-13(15(19)20)10-9-11-7-4-3-5-8-11/h3-5,7-8,12-13H,2,6,9-10,16H2,1H3,(H,17,18)(H,19,20)/t12-,13?/m0/s1. The Hall–Kier alpha value is -1.88. The highest BCUT2D eigenvalue weighted by atomic mass is 16.4. The summed E-state index contributed by atoms with van der Waals surface area (Å²) in [5, 5.41) is 11.7. The maximum absolute atomic E-state index is 11.8. The zero-order chi connectivity index (χ0) is 15.0. The fourth-order valence-corrected chi connectivity index (χ4v) is 1.93. The number of carbonyl (C=O) groups excluding carboxylic acids is 1. The number of aryl methyl sites for hydroxylation is 1. The number of benzene rings is 1. The number of hydrogen-bond acceptors (Lipinski definition) is 3. The van der Waals surface area contributed by atoms with Crippen molar-refractivity contribution in [1.29, 1.82) is 0 Å². The second-order valence-corrected chi connectivity index (χ2v) is 4.82. The third-order valence-electron chi connectivity index (χ3n) is 3.12. The summed E-state index contributed by atoms with van der Waals surface area (Å²) in [5.41, 5.74) is 6.73. The lowest BCUT2D eigenvalue weighted by molar-refractivity contribution is -0.142. The molecule has 0 fully saturated rings. The van der Waals surface area contributed by atoms with E-state index in [0.717, 1.165) is 12.0 Å². The maximum Gasteiger partial charge on any atom is 0.326 e. The smallest absolute Gasteiger partial charge is 0.326 e. The molecular formula is C15H22N2O3. The van der Waals surface area contributed by atoms with Crippen LogP contribution >= 0.6 is 0 Å². The van der Waals surface area contributed by atoms with E-state index in [4.69, 9.17) is 10.8 Å². The molecule has 0 aromatic heterocycles. The number of carboxylic acids is 1. The second-order valence-electron chi connectivity index (χ2n) is 4.82. The topological polar surface area (TPSA) is 92.4 Å². The van der Waals surface area contributed by atoms with Gasteiger partial charge in [-0.2, -0.15) is 0 Å². The van der Waals surface area contributed by atoms with Gasteiger partial charge in [-0.05, 0) is 24.8 Å². The lowest BCUT2D eigenvalue weighted by Crippen LogP contribution is -2.48. The van der Waals surface area contributed by atoms with Crippen LogP contribution in [-0.4, -0.2) is 29.1 Å². The van der Waals surface area contributed by atoms with Crippen molar-refractivity contribution >= 4 is 11.9 Å². The Bertz CT molecular complexity index is 434. The van der Waals surface area contributed by atoms with E-state index in [1.54, 1.807) is 0 Å². The van der Waals surface area contributed by atoms with Gasteiger partial charge < -0.3 is 16.2 Å². The minimum absolute atomic E-state index is 0.351. The Labute approximate surface area is 119 Å². The predicted molar refractivity (Wildman–Crippen MR) is 77.2 cm³/mol. The predicted octanol–water partition coefficient (Wildman–Crippen LogP) is 1.32. The molecule has 20 heavy (non-hydrogen) atoms. The number of carboxylic acid groups (broad SMARTS) is 1. The summed E-state index contributed by atoms with van der Waals surface area (Å²) in [5.74, 6) is -1.43. The van der Waals surface area contributed by atoms with E-state index in [1.165, 1.54) is 0 Å². The molecule has 0 spiro atoms. The summed E-state index contributed by atoms with van der Waals surface area (Å²) in [7, 11) is 0. The molecule has 0 heterocycles. The normalized spacial score (nSPS) is 13.5. The third-order valence-corrected chi connectivity index (χ3v) is 3.12. The molecule has 0 aliphatic heterocycles. The molecule has 1 amide bonds. The number of hydrogen-bond donors (Lipinski definition) is 3. The maximum atomic E-state index is 11.8. The zero-order valence-electron chi connectivity index (χ0n) is 11.7. The van der Waals surface area contributed by atoms with Crippen LogP contribution in [0.3, 0.4) is 0 Å². The summed E-state index contributed by atoms with van der Waals surface area (Å²) in [6, 6.07) is 8.04. The average molecular weight is 278 g/mol. The van der Waals surface area contributed by atoms with Crippen molar-refractivity contribution in [2.75, 3.05) is 0 Å². The fraction of sp³-hybridized carbons (Fsp3) is 0.467. The van der Waals surface area contributed by atoms with E-state index in [1.807, 2.05) is 37.3 Å². The first-order valence-corrected chi connectivity index (χ1v) is 6.87. The van der Waals surface area contributed by atoms with Crippen LogP contribution in [0.25, 0.3) is 0 Å². The van der Waals surface area contributed by atoms with Gasteiger partial charge >= 0.3 is 5.97 Å². The molecule has 0 bridgehead atoms. The van der Waals surface area contributed by atoms with E-state index in [-0.39, 0.29) is 0 Å². The van der Waals surface area contributed by atoms with Crippen LogP contribution in [0.2, 0.25) is 0 Å². The number of nitrogens with one attached hydrogen (secondary N) is 1. The van der Waals surface area contributed by atoms with Crippen LogP contribution in [0.4, 0.5) is 0 Å². The van der Waals surface area contributed by atoms with E-state index in [2.05, 4.69) is 5.32 Å². The molecule has 1 unspecified atom stereocenters. The molecule has 0 aliphatic carbocycles.